The van der Waals surface area contributed by atoms with Gasteiger partial charge in [0.25, 0.3) is 6.67 Å². The zero-order valence-electron chi connectivity index (χ0n) is 16.9. The van der Waals surface area contributed by atoms with Crippen molar-refractivity contribution in [2.45, 2.75) is 19.9 Å². The molecule has 3 aromatic rings. The number of pyridine rings is 2. The molecule has 0 fully saturated rings. The summed E-state index contributed by atoms with van der Waals surface area (Å²) in [4.78, 5) is 18.4. The van der Waals surface area contributed by atoms with Crippen molar-refractivity contribution in [2.24, 2.45) is 7.05 Å². The van der Waals surface area contributed by atoms with Crippen molar-refractivity contribution in [3.05, 3.63) is 53.5 Å². The first-order valence-corrected chi connectivity index (χ1v) is 10.9. The highest BCUT2D eigenvalue weighted by Crippen LogP contribution is 2.28. The highest BCUT2D eigenvalue weighted by Gasteiger charge is 2.21. The topological polar surface area (TPSA) is 88.6 Å². The van der Waals surface area contributed by atoms with E-state index in [4.69, 9.17) is 6.57 Å². The molecule has 0 atom stereocenters. The monoisotopic (exact) mass is 413 g/mol. The van der Waals surface area contributed by atoms with Gasteiger partial charge >= 0.3 is 0 Å². The molecule has 0 N–H and O–H groups in total. The average molecular weight is 414 g/mol. The summed E-state index contributed by atoms with van der Waals surface area (Å²) in [6, 6.07) is 3.85. The highest BCUT2D eigenvalue weighted by atomic mass is 32.2. The van der Waals surface area contributed by atoms with E-state index in [0.29, 0.717) is 5.69 Å². The first kappa shape index (κ1) is 20.7. The first-order chi connectivity index (χ1) is 13.7. The van der Waals surface area contributed by atoms with E-state index in [1.165, 1.54) is 0 Å². The molecule has 0 aliphatic heterocycles. The number of hydrogen-bond acceptors (Lipinski definition) is 6. The van der Waals surface area contributed by atoms with Gasteiger partial charge in [0, 0.05) is 20.2 Å². The van der Waals surface area contributed by atoms with Crippen molar-refractivity contribution in [3.63, 3.8) is 0 Å². The van der Waals surface area contributed by atoms with Crippen molar-refractivity contribution in [3.8, 4) is 0 Å². The molecule has 0 bridgehead atoms. The maximum Gasteiger partial charge on any atom is 0.283 e. The van der Waals surface area contributed by atoms with E-state index in [-0.39, 0.29) is 13.2 Å². The van der Waals surface area contributed by atoms with E-state index in [0.717, 1.165) is 45.1 Å². The Morgan fingerprint density at radius 1 is 1.21 bits per heavy atom. The predicted octanol–water partition coefficient (Wildman–Crippen LogP) is 2.33. The Hall–Kier alpha value is -3.03. The second-order valence-corrected chi connectivity index (χ2v) is 8.76. The van der Waals surface area contributed by atoms with Crippen molar-refractivity contribution in [2.75, 3.05) is 24.9 Å². The molecule has 0 aromatic carbocycles. The molecular formula is C19H23N7O2S. The summed E-state index contributed by atoms with van der Waals surface area (Å²) < 4.78 is 26.8. The molecule has 10 heteroatoms. The maximum absolute atomic E-state index is 11.9. The second-order valence-electron chi connectivity index (χ2n) is 6.78. The van der Waals surface area contributed by atoms with E-state index in [9.17, 15) is 8.42 Å². The SMILES string of the molecule is [C-]#[N+]CN(Cc1cc(CC)c(N(C)c2cc3c(cn2)ncn3C)cn1)S(C)(=O)=O. The van der Waals surface area contributed by atoms with Crippen LogP contribution in [0.15, 0.2) is 30.9 Å². The fourth-order valence-corrected chi connectivity index (χ4v) is 3.70. The summed E-state index contributed by atoms with van der Waals surface area (Å²) in [5.41, 5.74) is 4.31. The van der Waals surface area contributed by atoms with Crippen LogP contribution < -0.4 is 4.90 Å². The molecule has 152 valence electrons. The van der Waals surface area contributed by atoms with Gasteiger partial charge in [0.1, 0.15) is 11.3 Å². The summed E-state index contributed by atoms with van der Waals surface area (Å²) in [5, 5.41) is 0. The highest BCUT2D eigenvalue weighted by molar-refractivity contribution is 7.88. The lowest BCUT2D eigenvalue weighted by atomic mass is 10.1. The van der Waals surface area contributed by atoms with Crippen LogP contribution in [0, 0.1) is 6.57 Å². The van der Waals surface area contributed by atoms with Crippen LogP contribution in [0.3, 0.4) is 0 Å². The minimum atomic E-state index is -3.48. The Labute approximate surface area is 170 Å². The smallest absolute Gasteiger partial charge is 0.283 e. The maximum atomic E-state index is 11.9. The van der Waals surface area contributed by atoms with Gasteiger partial charge in [-0.1, -0.05) is 6.92 Å². The van der Waals surface area contributed by atoms with Gasteiger partial charge in [-0.15, -0.1) is 4.31 Å². The summed E-state index contributed by atoms with van der Waals surface area (Å²) >= 11 is 0. The Morgan fingerprint density at radius 2 is 1.97 bits per heavy atom. The number of nitrogens with zero attached hydrogens (tertiary/aromatic N) is 7. The van der Waals surface area contributed by atoms with E-state index >= 15 is 0 Å². The van der Waals surface area contributed by atoms with Gasteiger partial charge < -0.3 is 9.47 Å². The standard InChI is InChI=1S/C19H23N7O2S/c1-6-14-7-15(11-26(12-20-2)29(5,27)28)21-10-18(14)25(4)19-8-17-16(9-22-19)23-13-24(17)3/h7-10,13H,6,11-12H2,1,3-5H3. The molecule has 0 unspecified atom stereocenters. The Balaban J connectivity index is 1.93. The third-order valence-corrected chi connectivity index (χ3v) is 5.92. The molecule has 29 heavy (non-hydrogen) atoms. The molecule has 0 radical (unpaired) electrons. The zero-order valence-corrected chi connectivity index (χ0v) is 17.7. The summed E-state index contributed by atoms with van der Waals surface area (Å²) in [5.74, 6) is 0.760. The van der Waals surface area contributed by atoms with Gasteiger partial charge in [-0.3, -0.25) is 9.83 Å². The second kappa shape index (κ2) is 8.14. The molecule has 0 aliphatic carbocycles. The van der Waals surface area contributed by atoms with Crippen molar-refractivity contribution in [1.82, 2.24) is 23.8 Å². The molecule has 3 aromatic heterocycles. The van der Waals surface area contributed by atoms with Gasteiger partial charge in [-0.25, -0.2) is 25.0 Å². The lowest BCUT2D eigenvalue weighted by Crippen LogP contribution is -2.29. The number of aryl methyl sites for hydroxylation is 2. The van der Waals surface area contributed by atoms with Crippen LogP contribution in [0.25, 0.3) is 15.9 Å². The average Bonchev–Trinajstić information content (AvgIpc) is 3.06. The molecule has 0 amide bonds. The van der Waals surface area contributed by atoms with Crippen molar-refractivity contribution in [1.29, 1.82) is 0 Å². The first-order valence-electron chi connectivity index (χ1n) is 9.01. The van der Waals surface area contributed by atoms with Crippen LogP contribution in [0.2, 0.25) is 0 Å². The minimum Gasteiger partial charge on any atom is -0.334 e. The number of fused-ring (bicyclic) bond motifs is 1. The number of anilines is 2. The molecule has 0 spiro atoms. The Morgan fingerprint density at radius 3 is 2.62 bits per heavy atom. The fraction of sp³-hybridized carbons (Fsp3) is 0.368. The minimum absolute atomic E-state index is 0.0669. The molecule has 0 saturated carbocycles. The van der Waals surface area contributed by atoms with Crippen LogP contribution in [0.4, 0.5) is 11.5 Å². The van der Waals surface area contributed by atoms with E-state index < -0.39 is 10.0 Å². The van der Waals surface area contributed by atoms with Crippen molar-refractivity contribution >= 4 is 32.6 Å². The lowest BCUT2D eigenvalue weighted by molar-refractivity contribution is 0.437. The van der Waals surface area contributed by atoms with Crippen LogP contribution in [0.1, 0.15) is 18.2 Å². The van der Waals surface area contributed by atoms with Gasteiger partial charge in [-0.2, -0.15) is 0 Å². The number of hydrogen-bond donors (Lipinski definition) is 0. The third kappa shape index (κ3) is 4.36. The van der Waals surface area contributed by atoms with Gasteiger partial charge in [0.15, 0.2) is 0 Å². The van der Waals surface area contributed by atoms with E-state index in [2.05, 4.69) is 19.8 Å². The zero-order chi connectivity index (χ0) is 21.2. The van der Waals surface area contributed by atoms with Crippen LogP contribution in [-0.2, 0) is 30.0 Å². The number of aromatic nitrogens is 4. The molecule has 9 nitrogen and oxygen atoms in total. The fourth-order valence-electron chi connectivity index (χ4n) is 3.07. The largest absolute Gasteiger partial charge is 0.334 e. The van der Waals surface area contributed by atoms with E-state index in [1.54, 1.807) is 18.7 Å². The Bertz CT molecular complexity index is 1180. The van der Waals surface area contributed by atoms with Gasteiger partial charge in [0.2, 0.25) is 10.0 Å². The predicted molar refractivity (Wildman–Crippen MR) is 112 cm³/mol. The summed E-state index contributed by atoms with van der Waals surface area (Å²) in [7, 11) is 0.370. The normalized spacial score (nSPS) is 11.7. The van der Waals surface area contributed by atoms with Crippen molar-refractivity contribution < 1.29 is 8.42 Å². The van der Waals surface area contributed by atoms with Crippen LogP contribution >= 0.6 is 0 Å². The molecule has 3 heterocycles. The lowest BCUT2D eigenvalue weighted by Gasteiger charge is -2.22. The molecule has 0 saturated heterocycles. The number of sulfonamides is 1. The summed E-state index contributed by atoms with van der Waals surface area (Å²) in [6.45, 7) is 8.85. The van der Waals surface area contributed by atoms with E-state index in [1.807, 2.05) is 42.6 Å². The number of imidazole rings is 1. The third-order valence-electron chi connectivity index (χ3n) is 4.74. The van der Waals surface area contributed by atoms with Crippen LogP contribution in [0.5, 0.6) is 0 Å². The van der Waals surface area contributed by atoms with Gasteiger partial charge in [-0.05, 0) is 18.1 Å². The van der Waals surface area contributed by atoms with Gasteiger partial charge in [0.05, 0.1) is 48.4 Å². The quantitative estimate of drug-likeness (QED) is 0.553. The summed E-state index contributed by atoms with van der Waals surface area (Å²) in [6.07, 6.45) is 7.05. The Kier molecular flexibility index (Phi) is 5.81. The molecule has 3 rings (SSSR count). The molecular weight excluding hydrogens is 390 g/mol. The van der Waals surface area contributed by atoms with Crippen LogP contribution in [-0.4, -0.2) is 52.2 Å². The molecule has 0 aliphatic rings. The number of rotatable bonds is 7.